The number of hydrogen-bond acceptors (Lipinski definition) is 3. The Morgan fingerprint density at radius 1 is 1.28 bits per heavy atom. The Kier molecular flexibility index (Phi) is 5.66. The van der Waals surface area contributed by atoms with Gasteiger partial charge in [0, 0.05) is 18.0 Å². The van der Waals surface area contributed by atoms with E-state index in [1.54, 1.807) is 0 Å². The van der Waals surface area contributed by atoms with Crippen LogP contribution in [0.25, 0.3) is 0 Å². The van der Waals surface area contributed by atoms with Crippen molar-refractivity contribution in [1.29, 1.82) is 0 Å². The fourth-order valence-corrected chi connectivity index (χ4v) is 3.24. The number of anilines is 1. The van der Waals surface area contributed by atoms with E-state index in [0.29, 0.717) is 24.0 Å². The number of hydrogen-bond donors (Lipinski definition) is 2. The highest BCUT2D eigenvalue weighted by atomic mass is 16.5. The molecule has 1 amide bonds. The third-order valence-electron chi connectivity index (χ3n) is 4.61. The van der Waals surface area contributed by atoms with Crippen molar-refractivity contribution in [3.8, 4) is 0 Å². The van der Waals surface area contributed by atoms with E-state index < -0.39 is 0 Å². The molecule has 2 aromatic rings. The van der Waals surface area contributed by atoms with Crippen molar-refractivity contribution in [2.75, 3.05) is 5.32 Å². The third-order valence-corrected chi connectivity index (χ3v) is 4.61. The molecule has 1 fully saturated rings. The summed E-state index contributed by atoms with van der Waals surface area (Å²) in [5.74, 6) is 0.483. The van der Waals surface area contributed by atoms with E-state index in [2.05, 4.69) is 17.2 Å². The number of carbonyl (C=O) groups excluding carboxylic acids is 1. The molecule has 5 nitrogen and oxygen atoms in total. The minimum atomic E-state index is -0.254. The van der Waals surface area contributed by atoms with Gasteiger partial charge in [0.05, 0.1) is 18.3 Å². The summed E-state index contributed by atoms with van der Waals surface area (Å²) in [6, 6.07) is 10.5. The van der Waals surface area contributed by atoms with Crippen LogP contribution in [-0.2, 0) is 11.3 Å². The van der Waals surface area contributed by atoms with Gasteiger partial charge >= 0.3 is 0 Å². The van der Waals surface area contributed by atoms with Crippen molar-refractivity contribution in [2.24, 2.45) is 5.92 Å². The largest absolute Gasteiger partial charge is 0.374 e. The number of rotatable bonds is 5. The number of pyridine rings is 1. The van der Waals surface area contributed by atoms with Crippen molar-refractivity contribution in [3.63, 3.8) is 0 Å². The number of carbonyl (C=O) groups is 1. The molecule has 0 aliphatic heterocycles. The summed E-state index contributed by atoms with van der Waals surface area (Å²) in [6.07, 6.45) is 6.54. The first-order chi connectivity index (χ1) is 12.1. The van der Waals surface area contributed by atoms with Crippen LogP contribution in [0.4, 0.5) is 5.69 Å². The Labute approximate surface area is 147 Å². The molecule has 1 aromatic carbocycles. The quantitative estimate of drug-likeness (QED) is 0.871. The number of benzene rings is 1. The molecule has 1 aliphatic carbocycles. The topological polar surface area (TPSA) is 71.2 Å². The Balaban J connectivity index is 1.58. The van der Waals surface area contributed by atoms with Crippen LogP contribution in [0.1, 0.15) is 48.5 Å². The van der Waals surface area contributed by atoms with Gasteiger partial charge < -0.3 is 15.0 Å². The molecule has 132 valence electrons. The molecule has 1 heterocycles. The fourth-order valence-electron chi connectivity index (χ4n) is 3.24. The van der Waals surface area contributed by atoms with Crippen LogP contribution in [0.2, 0.25) is 0 Å². The average molecular weight is 340 g/mol. The number of nitrogens with one attached hydrogen (secondary N) is 2. The highest BCUT2D eigenvalue weighted by Gasteiger charge is 2.19. The van der Waals surface area contributed by atoms with Gasteiger partial charge in [-0.25, -0.2) is 0 Å². The van der Waals surface area contributed by atoms with Crippen LogP contribution in [0.15, 0.2) is 47.4 Å². The summed E-state index contributed by atoms with van der Waals surface area (Å²) >= 11 is 0. The SMILES string of the molecule is C[C@H]1CCC[C@@H](OCc2cccc(NC(=O)c3ccc(=O)[nH]c3)c2)C1. The predicted molar refractivity (Wildman–Crippen MR) is 97.7 cm³/mol. The van der Waals surface area contributed by atoms with E-state index >= 15 is 0 Å². The molecule has 1 saturated carbocycles. The molecular formula is C20H24N2O3. The molecule has 5 heteroatoms. The minimum Gasteiger partial charge on any atom is -0.374 e. The van der Waals surface area contributed by atoms with Crippen molar-refractivity contribution in [3.05, 3.63) is 64.1 Å². The van der Waals surface area contributed by atoms with Crippen molar-refractivity contribution < 1.29 is 9.53 Å². The predicted octanol–water partition coefficient (Wildman–Crippen LogP) is 3.72. The molecule has 0 spiro atoms. The molecule has 2 atom stereocenters. The van der Waals surface area contributed by atoms with Gasteiger partial charge in [-0.05, 0) is 42.5 Å². The molecule has 0 radical (unpaired) electrons. The maximum atomic E-state index is 12.2. The second-order valence-corrected chi connectivity index (χ2v) is 6.80. The van der Waals surface area contributed by atoms with Gasteiger partial charge in [-0.1, -0.05) is 31.9 Å². The summed E-state index contributed by atoms with van der Waals surface area (Å²) in [6.45, 7) is 2.84. The zero-order chi connectivity index (χ0) is 17.6. The van der Waals surface area contributed by atoms with E-state index in [4.69, 9.17) is 4.74 Å². The van der Waals surface area contributed by atoms with E-state index in [1.165, 1.54) is 31.2 Å². The third kappa shape index (κ3) is 5.03. The number of aromatic nitrogens is 1. The summed E-state index contributed by atoms with van der Waals surface area (Å²) in [5.41, 5.74) is 1.94. The molecule has 0 saturated heterocycles. The van der Waals surface area contributed by atoms with Gasteiger partial charge in [0.15, 0.2) is 0 Å². The van der Waals surface area contributed by atoms with Gasteiger partial charge in [0.25, 0.3) is 5.91 Å². The molecule has 25 heavy (non-hydrogen) atoms. The molecular weight excluding hydrogens is 316 g/mol. The van der Waals surface area contributed by atoms with Gasteiger partial charge in [-0.2, -0.15) is 0 Å². The lowest BCUT2D eigenvalue weighted by atomic mass is 9.89. The normalized spacial score (nSPS) is 20.2. The van der Waals surface area contributed by atoms with Crippen LogP contribution in [0.5, 0.6) is 0 Å². The van der Waals surface area contributed by atoms with Gasteiger partial charge in [0.1, 0.15) is 0 Å². The number of H-pyrrole nitrogens is 1. The van der Waals surface area contributed by atoms with Gasteiger partial charge in [0.2, 0.25) is 5.56 Å². The summed E-state index contributed by atoms with van der Waals surface area (Å²) in [7, 11) is 0. The lowest BCUT2D eigenvalue weighted by Crippen LogP contribution is -2.21. The van der Waals surface area contributed by atoms with Gasteiger partial charge in [-0.3, -0.25) is 9.59 Å². The lowest BCUT2D eigenvalue weighted by molar-refractivity contribution is 0.00468. The second-order valence-electron chi connectivity index (χ2n) is 6.80. The molecule has 1 aliphatic rings. The van der Waals surface area contributed by atoms with E-state index in [9.17, 15) is 9.59 Å². The highest BCUT2D eigenvalue weighted by molar-refractivity contribution is 6.04. The van der Waals surface area contributed by atoms with E-state index in [0.717, 1.165) is 24.3 Å². The standard InChI is InChI=1S/C20H24N2O3/c1-14-4-2-7-18(10-14)25-13-15-5-3-6-17(11-15)22-20(24)16-8-9-19(23)21-12-16/h3,5-6,8-9,11-12,14,18H,2,4,7,10,13H2,1H3,(H,21,23)(H,22,24)/t14-,18+/m0/s1. The molecule has 0 unspecified atom stereocenters. The smallest absolute Gasteiger partial charge is 0.257 e. The molecule has 3 rings (SSSR count). The molecule has 1 aromatic heterocycles. The fraction of sp³-hybridized carbons (Fsp3) is 0.400. The maximum absolute atomic E-state index is 12.2. The molecule has 0 bridgehead atoms. The Morgan fingerprint density at radius 3 is 2.92 bits per heavy atom. The summed E-state index contributed by atoms with van der Waals surface area (Å²) < 4.78 is 6.04. The minimum absolute atomic E-state index is 0.229. The number of amides is 1. The van der Waals surface area contributed by atoms with Crippen LogP contribution in [0, 0.1) is 5.92 Å². The second kappa shape index (κ2) is 8.12. The van der Waals surface area contributed by atoms with Crippen molar-refractivity contribution in [2.45, 2.75) is 45.3 Å². The highest BCUT2D eigenvalue weighted by Crippen LogP contribution is 2.26. The van der Waals surface area contributed by atoms with E-state index in [-0.39, 0.29) is 11.5 Å². The maximum Gasteiger partial charge on any atom is 0.257 e. The molecule has 2 N–H and O–H groups in total. The van der Waals surface area contributed by atoms with Crippen LogP contribution in [0.3, 0.4) is 0 Å². The first-order valence-corrected chi connectivity index (χ1v) is 8.81. The zero-order valence-corrected chi connectivity index (χ0v) is 14.5. The van der Waals surface area contributed by atoms with Crippen LogP contribution >= 0.6 is 0 Å². The van der Waals surface area contributed by atoms with Crippen molar-refractivity contribution >= 4 is 11.6 Å². The number of ether oxygens (including phenoxy) is 1. The Bertz CT molecular complexity index is 764. The average Bonchev–Trinajstić information content (AvgIpc) is 2.61. The van der Waals surface area contributed by atoms with Gasteiger partial charge in [-0.15, -0.1) is 0 Å². The zero-order valence-electron chi connectivity index (χ0n) is 14.5. The monoisotopic (exact) mass is 340 g/mol. The van der Waals surface area contributed by atoms with E-state index in [1.807, 2.05) is 24.3 Å². The first-order valence-electron chi connectivity index (χ1n) is 8.81. The van der Waals surface area contributed by atoms with Crippen LogP contribution in [-0.4, -0.2) is 17.0 Å². The summed E-state index contributed by atoms with van der Waals surface area (Å²) in [4.78, 5) is 25.8. The Morgan fingerprint density at radius 2 is 2.16 bits per heavy atom. The lowest BCUT2D eigenvalue weighted by Gasteiger charge is -2.26. The Hall–Kier alpha value is -2.40. The number of aromatic amines is 1. The first kappa shape index (κ1) is 17.4. The van der Waals surface area contributed by atoms with Crippen LogP contribution < -0.4 is 10.9 Å². The summed E-state index contributed by atoms with van der Waals surface area (Å²) in [5, 5.41) is 2.85. The van der Waals surface area contributed by atoms with Crippen molar-refractivity contribution in [1.82, 2.24) is 4.98 Å².